The molecule has 2 heteroatoms. The van der Waals surface area contributed by atoms with E-state index in [4.69, 9.17) is 4.74 Å². The van der Waals surface area contributed by atoms with Crippen molar-refractivity contribution in [1.82, 2.24) is 5.32 Å². The minimum absolute atomic E-state index is 0.408. The Bertz CT molecular complexity index is 387. The van der Waals surface area contributed by atoms with Gasteiger partial charge in [-0.3, -0.25) is 0 Å². The second-order valence-electron chi connectivity index (χ2n) is 6.16. The summed E-state index contributed by atoms with van der Waals surface area (Å²) >= 11 is 0. The van der Waals surface area contributed by atoms with E-state index in [9.17, 15) is 0 Å². The topological polar surface area (TPSA) is 21.3 Å². The number of benzene rings is 1. The lowest BCUT2D eigenvalue weighted by atomic mass is 9.88. The van der Waals surface area contributed by atoms with Crippen molar-refractivity contribution in [2.24, 2.45) is 5.92 Å². The molecular weight excluding hydrogens is 246 g/mol. The van der Waals surface area contributed by atoms with E-state index in [0.717, 1.165) is 12.3 Å². The predicted octanol–water partition coefficient (Wildman–Crippen LogP) is 4.70. The number of hydrogen-bond donors (Lipinski definition) is 1. The van der Waals surface area contributed by atoms with Gasteiger partial charge in [0.05, 0.1) is 0 Å². The van der Waals surface area contributed by atoms with E-state index < -0.39 is 0 Å². The highest BCUT2D eigenvalue weighted by atomic mass is 16.5. The SMILES string of the molecule is CCCNC(C)c1ccc(OC2CCCCC2C)cc1. The molecule has 0 bridgehead atoms. The molecule has 0 heterocycles. The molecule has 1 fully saturated rings. The molecule has 1 aromatic carbocycles. The highest BCUT2D eigenvalue weighted by Gasteiger charge is 2.22. The molecule has 1 aliphatic rings. The quantitative estimate of drug-likeness (QED) is 0.812. The van der Waals surface area contributed by atoms with Crippen LogP contribution in [0.5, 0.6) is 5.75 Å². The van der Waals surface area contributed by atoms with Crippen molar-refractivity contribution in [2.75, 3.05) is 6.54 Å². The Morgan fingerprint density at radius 3 is 2.55 bits per heavy atom. The molecule has 0 radical (unpaired) electrons. The Hall–Kier alpha value is -1.02. The Kier molecular flexibility index (Phi) is 5.90. The van der Waals surface area contributed by atoms with Gasteiger partial charge in [0, 0.05) is 6.04 Å². The fraction of sp³-hybridized carbons (Fsp3) is 0.667. The molecule has 0 aliphatic heterocycles. The molecule has 2 nitrogen and oxygen atoms in total. The summed E-state index contributed by atoms with van der Waals surface area (Å²) in [5.41, 5.74) is 1.34. The van der Waals surface area contributed by atoms with Crippen LogP contribution >= 0.6 is 0 Å². The molecule has 0 saturated heterocycles. The summed E-state index contributed by atoms with van der Waals surface area (Å²) in [7, 11) is 0. The lowest BCUT2D eigenvalue weighted by Gasteiger charge is -2.29. The van der Waals surface area contributed by atoms with E-state index in [1.807, 2.05) is 0 Å². The van der Waals surface area contributed by atoms with Crippen LogP contribution in [0, 0.1) is 5.92 Å². The van der Waals surface area contributed by atoms with Gasteiger partial charge in [-0.2, -0.15) is 0 Å². The van der Waals surface area contributed by atoms with Gasteiger partial charge in [-0.1, -0.05) is 32.4 Å². The Labute approximate surface area is 123 Å². The molecule has 112 valence electrons. The van der Waals surface area contributed by atoms with Crippen LogP contribution in [-0.4, -0.2) is 12.6 Å². The molecule has 0 amide bonds. The molecule has 1 aliphatic carbocycles. The van der Waals surface area contributed by atoms with Crippen molar-refractivity contribution >= 4 is 0 Å². The summed E-state index contributed by atoms with van der Waals surface area (Å²) in [4.78, 5) is 0. The van der Waals surface area contributed by atoms with Crippen molar-refractivity contribution in [1.29, 1.82) is 0 Å². The summed E-state index contributed by atoms with van der Waals surface area (Å²) in [6.45, 7) is 7.80. The molecular formula is C18H29NO. The summed E-state index contributed by atoms with van der Waals surface area (Å²) in [5.74, 6) is 1.71. The largest absolute Gasteiger partial charge is 0.490 e. The maximum Gasteiger partial charge on any atom is 0.119 e. The molecule has 1 saturated carbocycles. The summed E-state index contributed by atoms with van der Waals surface area (Å²) in [5, 5.41) is 3.52. The van der Waals surface area contributed by atoms with Crippen LogP contribution < -0.4 is 10.1 Å². The Morgan fingerprint density at radius 2 is 1.90 bits per heavy atom. The minimum atomic E-state index is 0.408. The maximum atomic E-state index is 6.16. The van der Waals surface area contributed by atoms with E-state index in [-0.39, 0.29) is 0 Å². The molecule has 2 rings (SSSR count). The van der Waals surface area contributed by atoms with E-state index in [2.05, 4.69) is 50.4 Å². The first-order chi connectivity index (χ1) is 9.70. The van der Waals surface area contributed by atoms with Crippen LogP contribution in [-0.2, 0) is 0 Å². The molecule has 20 heavy (non-hydrogen) atoms. The third kappa shape index (κ3) is 4.24. The normalized spacial score (nSPS) is 24.4. The van der Waals surface area contributed by atoms with Gasteiger partial charge in [-0.25, -0.2) is 0 Å². The lowest BCUT2D eigenvalue weighted by molar-refractivity contribution is 0.102. The van der Waals surface area contributed by atoms with Gasteiger partial charge in [0.15, 0.2) is 0 Å². The van der Waals surface area contributed by atoms with E-state index in [0.29, 0.717) is 18.1 Å². The average Bonchev–Trinajstić information content (AvgIpc) is 2.48. The van der Waals surface area contributed by atoms with Crippen LogP contribution in [0.25, 0.3) is 0 Å². The summed E-state index contributed by atoms with van der Waals surface area (Å²) in [6.07, 6.45) is 6.76. The van der Waals surface area contributed by atoms with Crippen LogP contribution in [0.4, 0.5) is 0 Å². The van der Waals surface area contributed by atoms with Crippen molar-refractivity contribution in [2.45, 2.75) is 65.0 Å². The molecule has 0 spiro atoms. The highest BCUT2D eigenvalue weighted by Crippen LogP contribution is 2.28. The Balaban J connectivity index is 1.90. The number of hydrogen-bond acceptors (Lipinski definition) is 2. The van der Waals surface area contributed by atoms with Crippen LogP contribution in [0.2, 0.25) is 0 Å². The van der Waals surface area contributed by atoms with E-state index in [1.165, 1.54) is 37.7 Å². The second-order valence-corrected chi connectivity index (χ2v) is 6.16. The van der Waals surface area contributed by atoms with Crippen LogP contribution in [0.1, 0.15) is 64.5 Å². The zero-order valence-corrected chi connectivity index (χ0v) is 13.2. The monoisotopic (exact) mass is 275 g/mol. The van der Waals surface area contributed by atoms with E-state index in [1.54, 1.807) is 0 Å². The van der Waals surface area contributed by atoms with Gasteiger partial charge in [-0.05, 0) is 62.8 Å². The van der Waals surface area contributed by atoms with Crippen molar-refractivity contribution in [3.05, 3.63) is 29.8 Å². The zero-order chi connectivity index (χ0) is 14.4. The van der Waals surface area contributed by atoms with Gasteiger partial charge < -0.3 is 10.1 Å². The smallest absolute Gasteiger partial charge is 0.119 e. The minimum Gasteiger partial charge on any atom is -0.490 e. The van der Waals surface area contributed by atoms with Gasteiger partial charge in [0.25, 0.3) is 0 Å². The van der Waals surface area contributed by atoms with Gasteiger partial charge in [0.1, 0.15) is 11.9 Å². The van der Waals surface area contributed by atoms with E-state index >= 15 is 0 Å². The molecule has 3 unspecified atom stereocenters. The number of ether oxygens (including phenoxy) is 1. The third-order valence-corrected chi connectivity index (χ3v) is 4.40. The van der Waals surface area contributed by atoms with Crippen molar-refractivity contribution < 1.29 is 4.74 Å². The lowest BCUT2D eigenvalue weighted by Crippen LogP contribution is -2.28. The predicted molar refractivity (Wildman–Crippen MR) is 85.2 cm³/mol. The standard InChI is InChI=1S/C18H29NO/c1-4-13-19-15(3)16-9-11-17(12-10-16)20-18-8-6-5-7-14(18)2/h9-12,14-15,18-19H,4-8,13H2,1-3H3. The molecule has 1 aromatic rings. The number of rotatable bonds is 6. The van der Waals surface area contributed by atoms with Gasteiger partial charge >= 0.3 is 0 Å². The average molecular weight is 275 g/mol. The first-order valence-electron chi connectivity index (χ1n) is 8.20. The van der Waals surface area contributed by atoms with Crippen LogP contribution in [0.3, 0.4) is 0 Å². The summed E-state index contributed by atoms with van der Waals surface area (Å²) in [6, 6.07) is 9.05. The fourth-order valence-electron chi connectivity index (χ4n) is 2.95. The fourth-order valence-corrected chi connectivity index (χ4v) is 2.95. The molecule has 1 N–H and O–H groups in total. The first-order valence-corrected chi connectivity index (χ1v) is 8.20. The summed E-state index contributed by atoms with van der Waals surface area (Å²) < 4.78 is 6.16. The van der Waals surface area contributed by atoms with Gasteiger partial charge in [-0.15, -0.1) is 0 Å². The highest BCUT2D eigenvalue weighted by molar-refractivity contribution is 5.29. The second kappa shape index (κ2) is 7.68. The maximum absolute atomic E-state index is 6.16. The van der Waals surface area contributed by atoms with Crippen molar-refractivity contribution in [3.63, 3.8) is 0 Å². The Morgan fingerprint density at radius 1 is 1.20 bits per heavy atom. The first kappa shape index (κ1) is 15.4. The third-order valence-electron chi connectivity index (χ3n) is 4.40. The molecule has 0 aromatic heterocycles. The zero-order valence-electron chi connectivity index (χ0n) is 13.2. The molecule has 3 atom stereocenters. The van der Waals surface area contributed by atoms with Gasteiger partial charge in [0.2, 0.25) is 0 Å². The number of nitrogens with one attached hydrogen (secondary N) is 1. The van der Waals surface area contributed by atoms with Crippen molar-refractivity contribution in [3.8, 4) is 5.75 Å². The van der Waals surface area contributed by atoms with Crippen LogP contribution in [0.15, 0.2) is 24.3 Å².